The van der Waals surface area contributed by atoms with Gasteiger partial charge in [0.1, 0.15) is 5.60 Å². The van der Waals surface area contributed by atoms with Crippen molar-refractivity contribution >= 4 is 22.7 Å². The lowest BCUT2D eigenvalue weighted by molar-refractivity contribution is -0.169. The van der Waals surface area contributed by atoms with E-state index in [9.17, 15) is 9.59 Å². The van der Waals surface area contributed by atoms with Gasteiger partial charge < -0.3 is 9.47 Å². The number of methoxy groups -OCH3 is 1. The van der Waals surface area contributed by atoms with E-state index in [-0.39, 0.29) is 30.2 Å². The van der Waals surface area contributed by atoms with Crippen molar-refractivity contribution in [2.24, 2.45) is 11.3 Å². The molecule has 3 atom stereocenters. The predicted octanol–water partition coefficient (Wildman–Crippen LogP) is 6.19. The van der Waals surface area contributed by atoms with Crippen LogP contribution < -0.4 is 0 Å². The lowest BCUT2D eigenvalue weighted by Gasteiger charge is -2.43. The summed E-state index contributed by atoms with van der Waals surface area (Å²) in [6.07, 6.45) is 1.93. The van der Waals surface area contributed by atoms with E-state index in [1.54, 1.807) is 0 Å². The first-order valence-electron chi connectivity index (χ1n) is 11.0. The van der Waals surface area contributed by atoms with E-state index in [0.29, 0.717) is 12.8 Å². The van der Waals surface area contributed by atoms with Crippen molar-refractivity contribution in [3.8, 4) is 0 Å². The fourth-order valence-corrected chi connectivity index (χ4v) is 4.97. The Morgan fingerprint density at radius 1 is 1.13 bits per heavy atom. The van der Waals surface area contributed by atoms with Crippen LogP contribution in [-0.4, -0.2) is 24.6 Å². The summed E-state index contributed by atoms with van der Waals surface area (Å²) in [7, 11) is 1.40. The summed E-state index contributed by atoms with van der Waals surface area (Å²) in [6, 6.07) is 14.7. The van der Waals surface area contributed by atoms with Crippen LogP contribution >= 0.6 is 0 Å². The summed E-state index contributed by atoms with van der Waals surface area (Å²) in [5.41, 5.74) is 0.790. The van der Waals surface area contributed by atoms with Gasteiger partial charge in [-0.2, -0.15) is 0 Å². The van der Waals surface area contributed by atoms with Crippen molar-refractivity contribution in [2.45, 2.75) is 64.9 Å². The number of rotatable bonds is 5. The number of benzene rings is 2. The van der Waals surface area contributed by atoms with E-state index in [4.69, 9.17) is 9.47 Å². The highest BCUT2D eigenvalue weighted by Gasteiger charge is 2.49. The van der Waals surface area contributed by atoms with Crippen LogP contribution in [0.2, 0.25) is 0 Å². The highest BCUT2D eigenvalue weighted by atomic mass is 16.6. The second-order valence-electron chi connectivity index (χ2n) is 9.94. The van der Waals surface area contributed by atoms with Crippen molar-refractivity contribution in [3.05, 3.63) is 60.2 Å². The quantitative estimate of drug-likeness (QED) is 0.426. The number of hydrogen-bond donors (Lipinski definition) is 0. The molecule has 0 unspecified atom stereocenters. The van der Waals surface area contributed by atoms with Gasteiger partial charge in [-0.15, -0.1) is 0 Å². The van der Waals surface area contributed by atoms with Crippen LogP contribution in [0, 0.1) is 11.3 Å². The first kappa shape index (κ1) is 23.1. The van der Waals surface area contributed by atoms with Crippen molar-refractivity contribution in [2.75, 3.05) is 7.11 Å². The molecule has 4 nitrogen and oxygen atoms in total. The van der Waals surface area contributed by atoms with Crippen molar-refractivity contribution in [1.29, 1.82) is 0 Å². The SMILES string of the molecule is C=C(C)[C@@H]1CC[C@](CC(=O)OC(C)(C)C)(C(=O)OC)C[C@H]1c1ccc2ccccc2c1. The Balaban J connectivity index is 1.99. The molecule has 0 spiro atoms. The monoisotopic (exact) mass is 422 g/mol. The van der Waals surface area contributed by atoms with Crippen LogP contribution in [0.4, 0.5) is 0 Å². The average molecular weight is 423 g/mol. The minimum Gasteiger partial charge on any atom is -0.469 e. The van der Waals surface area contributed by atoms with Crippen LogP contribution in [-0.2, 0) is 19.1 Å². The molecule has 1 aliphatic carbocycles. The number of allylic oxidation sites excluding steroid dienone is 1. The van der Waals surface area contributed by atoms with Crippen LogP contribution in [0.15, 0.2) is 54.6 Å². The van der Waals surface area contributed by atoms with Gasteiger partial charge in [-0.1, -0.05) is 54.6 Å². The van der Waals surface area contributed by atoms with Gasteiger partial charge in [0.05, 0.1) is 18.9 Å². The fraction of sp³-hybridized carbons (Fsp3) is 0.481. The van der Waals surface area contributed by atoms with Gasteiger partial charge in [-0.25, -0.2) is 0 Å². The molecule has 1 fully saturated rings. The molecule has 0 radical (unpaired) electrons. The molecule has 31 heavy (non-hydrogen) atoms. The first-order chi connectivity index (χ1) is 14.5. The predicted molar refractivity (Wildman–Crippen MR) is 124 cm³/mol. The highest BCUT2D eigenvalue weighted by Crippen LogP contribution is 2.52. The Morgan fingerprint density at radius 2 is 1.81 bits per heavy atom. The maximum atomic E-state index is 13.0. The first-order valence-corrected chi connectivity index (χ1v) is 11.0. The van der Waals surface area contributed by atoms with Gasteiger partial charge in [0, 0.05) is 0 Å². The van der Waals surface area contributed by atoms with Gasteiger partial charge >= 0.3 is 11.9 Å². The molecule has 1 aliphatic rings. The molecule has 0 heterocycles. The molecule has 166 valence electrons. The Morgan fingerprint density at radius 3 is 2.42 bits per heavy atom. The standard InChI is InChI=1S/C27H34O4/c1-18(2)22-13-14-27(25(29)30-6,17-24(28)31-26(3,4)5)16-23(22)21-12-11-19-9-7-8-10-20(19)15-21/h7-12,15,22-23H,1,13-14,16-17H2,2-6H3/t22-,23-,27-/m0/s1. The summed E-state index contributed by atoms with van der Waals surface area (Å²) in [4.78, 5) is 25.7. The summed E-state index contributed by atoms with van der Waals surface area (Å²) in [6.45, 7) is 11.8. The normalized spacial score (nSPS) is 23.9. The fourth-order valence-electron chi connectivity index (χ4n) is 4.97. The summed E-state index contributed by atoms with van der Waals surface area (Å²) >= 11 is 0. The minimum absolute atomic E-state index is 0.0317. The number of carbonyl (C=O) groups is 2. The topological polar surface area (TPSA) is 52.6 Å². The van der Waals surface area contributed by atoms with Gasteiger partial charge in [-0.3, -0.25) is 9.59 Å². The second-order valence-corrected chi connectivity index (χ2v) is 9.94. The van der Waals surface area contributed by atoms with Crippen molar-refractivity contribution < 1.29 is 19.1 Å². The van der Waals surface area contributed by atoms with Crippen LogP contribution in [0.5, 0.6) is 0 Å². The number of fused-ring (bicyclic) bond motifs is 1. The smallest absolute Gasteiger partial charge is 0.312 e. The third-order valence-corrected chi connectivity index (χ3v) is 6.39. The molecule has 0 bridgehead atoms. The Kier molecular flexibility index (Phi) is 6.59. The van der Waals surface area contributed by atoms with Crippen LogP contribution in [0.1, 0.15) is 64.9 Å². The zero-order valence-electron chi connectivity index (χ0n) is 19.4. The molecule has 2 aromatic rings. The van der Waals surface area contributed by atoms with Gasteiger partial charge in [-0.05, 0) is 75.1 Å². The van der Waals surface area contributed by atoms with Gasteiger partial charge in [0.2, 0.25) is 0 Å². The molecular formula is C27H34O4. The second kappa shape index (κ2) is 8.86. The number of esters is 2. The molecule has 0 amide bonds. The minimum atomic E-state index is -0.890. The Hall–Kier alpha value is -2.62. The van der Waals surface area contributed by atoms with Crippen LogP contribution in [0.25, 0.3) is 10.8 Å². The molecule has 0 saturated heterocycles. The molecule has 2 aromatic carbocycles. The number of ether oxygens (including phenoxy) is 2. The van der Waals surface area contributed by atoms with E-state index in [1.807, 2.05) is 32.9 Å². The van der Waals surface area contributed by atoms with Crippen LogP contribution in [0.3, 0.4) is 0 Å². The Bertz CT molecular complexity index is 984. The van der Waals surface area contributed by atoms with E-state index in [2.05, 4.69) is 43.8 Å². The number of hydrogen-bond acceptors (Lipinski definition) is 4. The maximum Gasteiger partial charge on any atom is 0.312 e. The summed E-state index contributed by atoms with van der Waals surface area (Å²) in [5, 5.41) is 2.35. The molecule has 0 N–H and O–H groups in total. The van der Waals surface area contributed by atoms with E-state index in [0.717, 1.165) is 12.0 Å². The zero-order chi connectivity index (χ0) is 22.8. The molecular weight excluding hydrogens is 388 g/mol. The number of carbonyl (C=O) groups excluding carboxylic acids is 2. The molecule has 4 heteroatoms. The van der Waals surface area contributed by atoms with E-state index < -0.39 is 11.0 Å². The zero-order valence-corrected chi connectivity index (χ0v) is 19.4. The Labute approximate surface area is 185 Å². The maximum absolute atomic E-state index is 13.0. The van der Waals surface area contributed by atoms with Gasteiger partial charge in [0.15, 0.2) is 0 Å². The van der Waals surface area contributed by atoms with Crippen molar-refractivity contribution in [1.82, 2.24) is 0 Å². The largest absolute Gasteiger partial charge is 0.469 e. The average Bonchev–Trinajstić information content (AvgIpc) is 2.71. The van der Waals surface area contributed by atoms with E-state index >= 15 is 0 Å². The third kappa shape index (κ3) is 5.17. The molecule has 0 aromatic heterocycles. The summed E-state index contributed by atoms with van der Waals surface area (Å²) in [5.74, 6) is -0.358. The molecule has 1 saturated carbocycles. The highest BCUT2D eigenvalue weighted by molar-refractivity contribution is 5.85. The lowest BCUT2D eigenvalue weighted by atomic mass is 9.60. The van der Waals surface area contributed by atoms with Crippen molar-refractivity contribution in [3.63, 3.8) is 0 Å². The van der Waals surface area contributed by atoms with Gasteiger partial charge in [0.25, 0.3) is 0 Å². The molecule has 3 rings (SSSR count). The molecule has 0 aliphatic heterocycles. The lowest BCUT2D eigenvalue weighted by Crippen LogP contribution is -2.42. The third-order valence-electron chi connectivity index (χ3n) is 6.39. The summed E-state index contributed by atoms with van der Waals surface area (Å²) < 4.78 is 10.8. The van der Waals surface area contributed by atoms with E-state index in [1.165, 1.54) is 23.4 Å².